The first-order valence-corrected chi connectivity index (χ1v) is 8.80. The van der Waals surface area contributed by atoms with Crippen LogP contribution in [0.3, 0.4) is 0 Å². The minimum Gasteiger partial charge on any atom is -0.456 e. The van der Waals surface area contributed by atoms with Gasteiger partial charge in [-0.15, -0.1) is 0 Å². The number of furan rings is 1. The van der Waals surface area contributed by atoms with E-state index in [1.54, 1.807) is 0 Å². The Morgan fingerprint density at radius 1 is 0.500 bits per heavy atom. The molecule has 2 heterocycles. The number of hydrogen-bond donors (Lipinski definition) is 0. The molecule has 0 aliphatic rings. The molecule has 0 aliphatic heterocycles. The molecule has 4 aromatic carbocycles. The van der Waals surface area contributed by atoms with Crippen LogP contribution in [0.2, 0.25) is 0 Å². The number of hydrogen-bond acceptors (Lipinski definition) is 1. The normalized spacial score (nSPS) is 11.8. The van der Waals surface area contributed by atoms with Crippen molar-refractivity contribution in [3.63, 3.8) is 0 Å². The Kier molecular flexibility index (Phi) is 2.64. The summed E-state index contributed by atoms with van der Waals surface area (Å²) >= 11 is 0. The smallest absolute Gasteiger partial charge is 0.136 e. The fourth-order valence-electron chi connectivity index (χ4n) is 4.04. The quantitative estimate of drug-likeness (QED) is 0.328. The molecule has 0 spiro atoms. The summed E-state index contributed by atoms with van der Waals surface area (Å²) in [6, 6.07) is 31.8. The second-order valence-corrected chi connectivity index (χ2v) is 6.65. The molecule has 2 heteroatoms. The summed E-state index contributed by atoms with van der Waals surface area (Å²) in [5.41, 5.74) is 5.47. The van der Waals surface area contributed by atoms with E-state index in [4.69, 9.17) is 4.42 Å². The van der Waals surface area contributed by atoms with Gasteiger partial charge in [0.05, 0.1) is 11.0 Å². The van der Waals surface area contributed by atoms with Crippen LogP contribution in [-0.4, -0.2) is 4.57 Å². The second-order valence-electron chi connectivity index (χ2n) is 6.65. The van der Waals surface area contributed by atoms with E-state index < -0.39 is 0 Å². The van der Waals surface area contributed by atoms with Crippen LogP contribution in [0.25, 0.3) is 49.4 Å². The van der Waals surface area contributed by atoms with Gasteiger partial charge in [-0.05, 0) is 36.4 Å². The summed E-state index contributed by atoms with van der Waals surface area (Å²) in [5.74, 6) is 0. The molecule has 0 saturated heterocycles. The number of benzene rings is 4. The highest BCUT2D eigenvalue weighted by Gasteiger charge is 2.15. The van der Waals surface area contributed by atoms with Crippen LogP contribution in [0.5, 0.6) is 0 Å². The van der Waals surface area contributed by atoms with Crippen LogP contribution in [0.4, 0.5) is 0 Å². The molecular weight excluding hydrogens is 318 g/mol. The zero-order valence-corrected chi connectivity index (χ0v) is 14.0. The summed E-state index contributed by atoms with van der Waals surface area (Å²) in [6.07, 6.45) is 0. The van der Waals surface area contributed by atoms with E-state index in [1.807, 2.05) is 12.1 Å². The van der Waals surface area contributed by atoms with Gasteiger partial charge in [-0.1, -0.05) is 54.6 Å². The van der Waals surface area contributed by atoms with E-state index in [-0.39, 0.29) is 0 Å². The minimum absolute atomic E-state index is 0.936. The van der Waals surface area contributed by atoms with Crippen LogP contribution in [0.15, 0.2) is 95.4 Å². The third-order valence-electron chi connectivity index (χ3n) is 5.19. The van der Waals surface area contributed by atoms with Gasteiger partial charge < -0.3 is 8.98 Å². The van der Waals surface area contributed by atoms with Crippen molar-refractivity contribution in [2.24, 2.45) is 0 Å². The van der Waals surface area contributed by atoms with Gasteiger partial charge in [-0.25, -0.2) is 0 Å². The molecule has 0 aliphatic carbocycles. The molecular formula is C24H15NO. The largest absolute Gasteiger partial charge is 0.456 e. The monoisotopic (exact) mass is 333 g/mol. The maximum Gasteiger partial charge on any atom is 0.136 e. The lowest BCUT2D eigenvalue weighted by Crippen LogP contribution is -1.92. The zero-order chi connectivity index (χ0) is 17.1. The van der Waals surface area contributed by atoms with Gasteiger partial charge in [-0.2, -0.15) is 0 Å². The zero-order valence-electron chi connectivity index (χ0n) is 14.0. The van der Waals surface area contributed by atoms with E-state index in [2.05, 4.69) is 83.4 Å². The predicted octanol–water partition coefficient (Wildman–Crippen LogP) is 6.68. The molecule has 2 nitrogen and oxygen atoms in total. The lowest BCUT2D eigenvalue weighted by atomic mass is 10.1. The van der Waals surface area contributed by atoms with E-state index in [9.17, 15) is 0 Å². The Hall–Kier alpha value is -3.52. The van der Waals surface area contributed by atoms with Gasteiger partial charge >= 0.3 is 0 Å². The molecule has 0 bridgehead atoms. The standard InChI is InChI=1S/C24H15NO/c1-2-8-16(9-3-1)25-21-12-6-4-10-17(21)19-15-24-20(14-22(19)25)18-11-5-7-13-23(18)26-24/h1-15H. The topological polar surface area (TPSA) is 18.1 Å². The first-order valence-electron chi connectivity index (χ1n) is 8.80. The van der Waals surface area contributed by atoms with Crippen molar-refractivity contribution in [3.8, 4) is 5.69 Å². The molecule has 0 N–H and O–H groups in total. The third-order valence-corrected chi connectivity index (χ3v) is 5.19. The second kappa shape index (κ2) is 4.99. The Morgan fingerprint density at radius 2 is 1.23 bits per heavy atom. The van der Waals surface area contributed by atoms with Gasteiger partial charge in [0.15, 0.2) is 0 Å². The predicted molar refractivity (Wildman–Crippen MR) is 108 cm³/mol. The molecule has 0 unspecified atom stereocenters. The lowest BCUT2D eigenvalue weighted by molar-refractivity contribution is 0.669. The van der Waals surface area contributed by atoms with Crippen molar-refractivity contribution in [1.82, 2.24) is 4.57 Å². The van der Waals surface area contributed by atoms with E-state index in [0.29, 0.717) is 0 Å². The Balaban J connectivity index is 1.86. The van der Waals surface area contributed by atoms with Crippen molar-refractivity contribution in [3.05, 3.63) is 91.0 Å². The van der Waals surface area contributed by atoms with Gasteiger partial charge in [0.1, 0.15) is 11.2 Å². The van der Waals surface area contributed by atoms with Crippen molar-refractivity contribution in [2.75, 3.05) is 0 Å². The average Bonchev–Trinajstić information content (AvgIpc) is 3.22. The van der Waals surface area contributed by atoms with E-state index in [1.165, 1.54) is 27.5 Å². The summed E-state index contributed by atoms with van der Waals surface area (Å²) < 4.78 is 8.45. The number of para-hydroxylation sites is 3. The SMILES string of the molecule is c1ccc(-n2c3ccccc3c3cc4oc5ccccc5c4cc32)cc1. The molecule has 0 amide bonds. The summed E-state index contributed by atoms with van der Waals surface area (Å²) in [6.45, 7) is 0. The molecule has 0 saturated carbocycles. The van der Waals surface area contributed by atoms with Crippen LogP contribution in [0.1, 0.15) is 0 Å². The van der Waals surface area contributed by atoms with E-state index >= 15 is 0 Å². The number of rotatable bonds is 1. The number of aromatic nitrogens is 1. The van der Waals surface area contributed by atoms with E-state index in [0.717, 1.165) is 21.9 Å². The summed E-state index contributed by atoms with van der Waals surface area (Å²) in [4.78, 5) is 0. The van der Waals surface area contributed by atoms with Gasteiger partial charge in [0.2, 0.25) is 0 Å². The van der Waals surface area contributed by atoms with Gasteiger partial charge in [0, 0.05) is 27.2 Å². The highest BCUT2D eigenvalue weighted by molar-refractivity contribution is 6.17. The molecule has 6 rings (SSSR count). The van der Waals surface area contributed by atoms with Crippen LogP contribution < -0.4 is 0 Å². The van der Waals surface area contributed by atoms with Gasteiger partial charge in [0.25, 0.3) is 0 Å². The number of nitrogens with zero attached hydrogens (tertiary/aromatic N) is 1. The van der Waals surface area contributed by atoms with Crippen LogP contribution >= 0.6 is 0 Å². The van der Waals surface area contributed by atoms with Crippen LogP contribution in [0, 0.1) is 0 Å². The molecule has 0 radical (unpaired) electrons. The third kappa shape index (κ3) is 1.76. The lowest BCUT2D eigenvalue weighted by Gasteiger charge is -2.07. The Bertz CT molecular complexity index is 1420. The average molecular weight is 333 g/mol. The van der Waals surface area contributed by atoms with Crippen molar-refractivity contribution in [2.45, 2.75) is 0 Å². The van der Waals surface area contributed by atoms with Crippen LogP contribution in [-0.2, 0) is 0 Å². The summed E-state index contributed by atoms with van der Waals surface area (Å²) in [7, 11) is 0. The van der Waals surface area contributed by atoms with Crippen molar-refractivity contribution in [1.29, 1.82) is 0 Å². The molecule has 0 fully saturated rings. The minimum atomic E-state index is 0.936. The fourth-order valence-corrected chi connectivity index (χ4v) is 4.04. The highest BCUT2D eigenvalue weighted by Crippen LogP contribution is 2.37. The maximum atomic E-state index is 6.12. The first kappa shape index (κ1) is 13.7. The molecule has 2 aromatic heterocycles. The number of fused-ring (bicyclic) bond motifs is 6. The summed E-state index contributed by atoms with van der Waals surface area (Å²) in [5, 5.41) is 4.78. The fraction of sp³-hybridized carbons (Fsp3) is 0. The van der Waals surface area contributed by atoms with Gasteiger partial charge in [-0.3, -0.25) is 0 Å². The highest BCUT2D eigenvalue weighted by atomic mass is 16.3. The first-order chi connectivity index (χ1) is 12.9. The van der Waals surface area contributed by atoms with Crippen molar-refractivity contribution < 1.29 is 4.42 Å². The molecule has 26 heavy (non-hydrogen) atoms. The Labute approximate surface area is 149 Å². The molecule has 122 valence electrons. The molecule has 0 atom stereocenters. The van der Waals surface area contributed by atoms with Crippen molar-refractivity contribution >= 4 is 43.7 Å². The Morgan fingerprint density at radius 3 is 2.12 bits per heavy atom. The molecule has 6 aromatic rings. The maximum absolute atomic E-state index is 6.12.